The van der Waals surface area contributed by atoms with Gasteiger partial charge in [-0.3, -0.25) is 10.1 Å². The summed E-state index contributed by atoms with van der Waals surface area (Å²) < 4.78 is 0. The van der Waals surface area contributed by atoms with E-state index >= 15 is 0 Å². The summed E-state index contributed by atoms with van der Waals surface area (Å²) in [6.45, 7) is 2.19. The zero-order chi connectivity index (χ0) is 17.5. The van der Waals surface area contributed by atoms with Crippen molar-refractivity contribution in [3.63, 3.8) is 0 Å². The van der Waals surface area contributed by atoms with Crippen LogP contribution < -0.4 is 10.6 Å². The molecule has 0 saturated carbocycles. The summed E-state index contributed by atoms with van der Waals surface area (Å²) in [5, 5.41) is 15.0. The number of aliphatic carboxylic acids is 1. The van der Waals surface area contributed by atoms with Crippen LogP contribution in [0.25, 0.3) is 0 Å². The molecule has 0 spiro atoms. The van der Waals surface area contributed by atoms with Crippen LogP contribution in [0, 0.1) is 6.92 Å². The SMILES string of the molecule is Cc1nc(NC(=O)NCCCC(=O)O)sc1Cc1ccccc1Cl. The highest BCUT2D eigenvalue weighted by Gasteiger charge is 2.12. The van der Waals surface area contributed by atoms with Gasteiger partial charge in [-0.25, -0.2) is 9.78 Å². The highest BCUT2D eigenvalue weighted by Crippen LogP contribution is 2.27. The molecule has 3 N–H and O–H groups in total. The number of carbonyl (C=O) groups excluding carboxylic acids is 1. The maximum Gasteiger partial charge on any atom is 0.321 e. The van der Waals surface area contributed by atoms with Gasteiger partial charge in [0.05, 0.1) is 5.69 Å². The molecule has 2 aromatic rings. The molecule has 0 fully saturated rings. The molecule has 0 unspecified atom stereocenters. The molecule has 0 aliphatic carbocycles. The molecule has 1 aromatic carbocycles. The van der Waals surface area contributed by atoms with Crippen molar-refractivity contribution >= 4 is 40.1 Å². The average molecular weight is 368 g/mol. The van der Waals surface area contributed by atoms with Crippen LogP contribution in [0.5, 0.6) is 0 Å². The van der Waals surface area contributed by atoms with Crippen LogP contribution in [0.2, 0.25) is 5.02 Å². The molecule has 0 radical (unpaired) electrons. The topological polar surface area (TPSA) is 91.3 Å². The van der Waals surface area contributed by atoms with Crippen LogP contribution in [-0.2, 0) is 11.2 Å². The maximum absolute atomic E-state index is 11.8. The quantitative estimate of drug-likeness (QED) is 0.651. The van der Waals surface area contributed by atoms with E-state index in [1.807, 2.05) is 31.2 Å². The van der Waals surface area contributed by atoms with E-state index in [4.69, 9.17) is 16.7 Å². The van der Waals surface area contributed by atoms with Gasteiger partial charge in [-0.15, -0.1) is 11.3 Å². The van der Waals surface area contributed by atoms with Gasteiger partial charge in [0.1, 0.15) is 0 Å². The van der Waals surface area contributed by atoms with E-state index in [0.29, 0.717) is 29.5 Å². The molecule has 24 heavy (non-hydrogen) atoms. The van der Waals surface area contributed by atoms with Crippen LogP contribution in [0.1, 0.15) is 29.0 Å². The van der Waals surface area contributed by atoms with Crippen molar-refractivity contribution in [2.24, 2.45) is 0 Å². The van der Waals surface area contributed by atoms with Gasteiger partial charge in [-0.1, -0.05) is 29.8 Å². The molecule has 1 heterocycles. The summed E-state index contributed by atoms with van der Waals surface area (Å²) in [5.74, 6) is -0.878. The van der Waals surface area contributed by atoms with Crippen molar-refractivity contribution in [3.05, 3.63) is 45.4 Å². The first-order valence-corrected chi connectivity index (χ1v) is 8.61. The number of hydrogen-bond acceptors (Lipinski definition) is 4. The van der Waals surface area contributed by atoms with Crippen molar-refractivity contribution in [2.45, 2.75) is 26.2 Å². The number of nitrogens with one attached hydrogen (secondary N) is 2. The fraction of sp³-hybridized carbons (Fsp3) is 0.312. The number of carboxylic acid groups (broad SMARTS) is 1. The third-order valence-corrected chi connectivity index (χ3v) is 4.72. The van der Waals surface area contributed by atoms with Gasteiger partial charge in [-0.2, -0.15) is 0 Å². The number of aromatic nitrogens is 1. The lowest BCUT2D eigenvalue weighted by Crippen LogP contribution is -2.29. The second kappa shape index (κ2) is 8.65. The van der Waals surface area contributed by atoms with Crippen LogP contribution in [-0.4, -0.2) is 28.6 Å². The minimum atomic E-state index is -0.878. The molecule has 6 nitrogen and oxygen atoms in total. The number of amides is 2. The molecule has 2 rings (SSSR count). The molecule has 8 heteroatoms. The van der Waals surface area contributed by atoms with Crippen molar-refractivity contribution in [1.29, 1.82) is 0 Å². The van der Waals surface area contributed by atoms with Gasteiger partial charge in [0.25, 0.3) is 0 Å². The molecular weight excluding hydrogens is 350 g/mol. The van der Waals surface area contributed by atoms with E-state index in [1.165, 1.54) is 11.3 Å². The number of carbonyl (C=O) groups is 2. The lowest BCUT2D eigenvalue weighted by atomic mass is 10.1. The van der Waals surface area contributed by atoms with Gasteiger partial charge >= 0.3 is 12.0 Å². The van der Waals surface area contributed by atoms with Crippen LogP contribution in [0.4, 0.5) is 9.93 Å². The van der Waals surface area contributed by atoms with E-state index in [9.17, 15) is 9.59 Å². The highest BCUT2D eigenvalue weighted by atomic mass is 35.5. The van der Waals surface area contributed by atoms with Crippen LogP contribution >= 0.6 is 22.9 Å². The Balaban J connectivity index is 1.90. The second-order valence-corrected chi connectivity index (χ2v) is 6.66. The fourth-order valence-electron chi connectivity index (χ4n) is 2.04. The predicted molar refractivity (Wildman–Crippen MR) is 95.0 cm³/mol. The molecule has 0 saturated heterocycles. The Morgan fingerprint density at radius 1 is 1.33 bits per heavy atom. The Bertz CT molecular complexity index is 733. The zero-order valence-electron chi connectivity index (χ0n) is 13.1. The van der Waals surface area contributed by atoms with Gasteiger partial charge < -0.3 is 10.4 Å². The Morgan fingerprint density at radius 3 is 2.79 bits per heavy atom. The number of halogens is 1. The van der Waals surface area contributed by atoms with Gasteiger partial charge in [0.15, 0.2) is 5.13 Å². The third-order valence-electron chi connectivity index (χ3n) is 3.27. The molecule has 0 aliphatic heterocycles. The third kappa shape index (κ3) is 5.50. The van der Waals surface area contributed by atoms with Gasteiger partial charge in [0.2, 0.25) is 0 Å². The van der Waals surface area contributed by atoms with E-state index in [0.717, 1.165) is 16.1 Å². The summed E-state index contributed by atoms with van der Waals surface area (Å²) >= 11 is 7.57. The van der Waals surface area contributed by atoms with E-state index in [1.54, 1.807) is 0 Å². The Morgan fingerprint density at radius 2 is 2.08 bits per heavy atom. The van der Waals surface area contributed by atoms with Crippen molar-refractivity contribution in [3.8, 4) is 0 Å². The fourth-order valence-corrected chi connectivity index (χ4v) is 3.23. The van der Waals surface area contributed by atoms with Crippen LogP contribution in [0.15, 0.2) is 24.3 Å². The van der Waals surface area contributed by atoms with E-state index < -0.39 is 12.0 Å². The van der Waals surface area contributed by atoms with Gasteiger partial charge in [0, 0.05) is 29.3 Å². The van der Waals surface area contributed by atoms with Crippen molar-refractivity contribution < 1.29 is 14.7 Å². The normalized spacial score (nSPS) is 10.4. The summed E-state index contributed by atoms with van der Waals surface area (Å²) in [5.41, 5.74) is 1.86. The first-order valence-electron chi connectivity index (χ1n) is 7.42. The molecule has 2 amide bonds. The standard InChI is InChI=1S/C16H18ClN3O3S/c1-10-13(9-11-5-2-3-6-12(11)17)24-16(19-10)20-15(23)18-8-4-7-14(21)22/h2-3,5-6H,4,7-9H2,1H3,(H,21,22)(H2,18,19,20,23). The first kappa shape index (κ1) is 18.2. The Labute approximate surface area is 148 Å². The number of carboxylic acids is 1. The van der Waals surface area contributed by atoms with Gasteiger partial charge in [-0.05, 0) is 25.0 Å². The first-order chi connectivity index (χ1) is 11.5. The number of hydrogen-bond donors (Lipinski definition) is 3. The number of anilines is 1. The minimum Gasteiger partial charge on any atom is -0.481 e. The molecule has 128 valence electrons. The smallest absolute Gasteiger partial charge is 0.321 e. The monoisotopic (exact) mass is 367 g/mol. The second-order valence-electron chi connectivity index (χ2n) is 5.17. The molecular formula is C16H18ClN3O3S. The number of benzene rings is 1. The molecule has 0 atom stereocenters. The number of thiazole rings is 1. The van der Waals surface area contributed by atoms with Crippen molar-refractivity contribution in [2.75, 3.05) is 11.9 Å². The lowest BCUT2D eigenvalue weighted by Gasteiger charge is -2.04. The zero-order valence-corrected chi connectivity index (χ0v) is 14.7. The summed E-state index contributed by atoms with van der Waals surface area (Å²) in [7, 11) is 0. The largest absolute Gasteiger partial charge is 0.481 e. The van der Waals surface area contributed by atoms with E-state index in [2.05, 4.69) is 15.6 Å². The Hall–Kier alpha value is -2.12. The minimum absolute atomic E-state index is 0.0264. The molecule has 0 bridgehead atoms. The predicted octanol–water partition coefficient (Wildman–Crippen LogP) is 3.68. The number of rotatable bonds is 7. The summed E-state index contributed by atoms with van der Waals surface area (Å²) in [6, 6.07) is 7.23. The van der Waals surface area contributed by atoms with E-state index in [-0.39, 0.29) is 6.42 Å². The summed E-state index contributed by atoms with van der Waals surface area (Å²) in [6.07, 6.45) is 1.07. The number of aryl methyl sites for hydroxylation is 1. The average Bonchev–Trinajstić information content (AvgIpc) is 2.85. The number of urea groups is 1. The summed E-state index contributed by atoms with van der Waals surface area (Å²) in [4.78, 5) is 27.5. The Kier molecular flexibility index (Phi) is 6.57. The lowest BCUT2D eigenvalue weighted by molar-refractivity contribution is -0.137. The van der Waals surface area contributed by atoms with Crippen LogP contribution in [0.3, 0.4) is 0 Å². The van der Waals surface area contributed by atoms with Crippen molar-refractivity contribution in [1.82, 2.24) is 10.3 Å². The maximum atomic E-state index is 11.8. The molecule has 1 aromatic heterocycles. The molecule has 0 aliphatic rings. The highest BCUT2D eigenvalue weighted by molar-refractivity contribution is 7.15. The number of nitrogens with zero attached hydrogens (tertiary/aromatic N) is 1.